The number of aromatic amines is 1. The van der Waals surface area contributed by atoms with Crippen LogP contribution in [-0.4, -0.2) is 31.7 Å². The van der Waals surface area contributed by atoms with Gasteiger partial charge in [0.05, 0.1) is 25.0 Å². The zero-order chi connectivity index (χ0) is 19.7. The predicted molar refractivity (Wildman–Crippen MR) is 107 cm³/mol. The molecule has 2 aromatic carbocycles. The van der Waals surface area contributed by atoms with Crippen molar-refractivity contribution in [2.24, 2.45) is 0 Å². The van der Waals surface area contributed by atoms with Gasteiger partial charge in [-0.1, -0.05) is 24.3 Å². The number of aromatic nitrogens is 5. The van der Waals surface area contributed by atoms with Gasteiger partial charge in [0.25, 0.3) is 0 Å². The summed E-state index contributed by atoms with van der Waals surface area (Å²) in [5.74, 6) is 1.41. The molecule has 0 spiro atoms. The second-order valence-corrected chi connectivity index (χ2v) is 6.60. The normalized spacial score (nSPS) is 12.1. The van der Waals surface area contributed by atoms with Crippen LogP contribution in [0.1, 0.15) is 24.4 Å². The van der Waals surface area contributed by atoms with E-state index < -0.39 is 0 Å². The van der Waals surface area contributed by atoms with Crippen molar-refractivity contribution in [3.8, 4) is 22.6 Å². The summed E-state index contributed by atoms with van der Waals surface area (Å²) in [5.41, 5.74) is 3.54. The van der Waals surface area contributed by atoms with Crippen LogP contribution in [0, 0.1) is 6.92 Å². The Balaban J connectivity index is 1.70. The minimum Gasteiger partial charge on any atom is -0.497 e. The Kier molecular flexibility index (Phi) is 4.57. The summed E-state index contributed by atoms with van der Waals surface area (Å²) in [6.07, 6.45) is 3.59. The van der Waals surface area contributed by atoms with Crippen molar-refractivity contribution in [3.63, 3.8) is 0 Å². The van der Waals surface area contributed by atoms with E-state index in [2.05, 4.69) is 15.3 Å². The summed E-state index contributed by atoms with van der Waals surface area (Å²) in [6.45, 7) is 3.83. The van der Waals surface area contributed by atoms with Crippen LogP contribution in [0.15, 0.2) is 65.7 Å². The Morgan fingerprint density at radius 2 is 1.89 bits per heavy atom. The highest BCUT2D eigenvalue weighted by Crippen LogP contribution is 2.23. The molecule has 0 bridgehead atoms. The van der Waals surface area contributed by atoms with Gasteiger partial charge in [0, 0.05) is 11.8 Å². The van der Waals surface area contributed by atoms with Gasteiger partial charge >= 0.3 is 5.69 Å². The lowest BCUT2D eigenvalue weighted by Crippen LogP contribution is -2.27. The second-order valence-electron chi connectivity index (χ2n) is 6.60. The average Bonchev–Trinajstić information content (AvgIpc) is 3.36. The van der Waals surface area contributed by atoms with Crippen molar-refractivity contribution in [2.75, 3.05) is 7.11 Å². The number of benzene rings is 2. The zero-order valence-electron chi connectivity index (χ0n) is 16.0. The molecule has 4 aromatic rings. The minimum atomic E-state index is -0.177. The van der Waals surface area contributed by atoms with Gasteiger partial charge < -0.3 is 4.74 Å². The molecule has 0 saturated heterocycles. The molecule has 0 aliphatic carbocycles. The third-order valence-corrected chi connectivity index (χ3v) is 4.89. The highest BCUT2D eigenvalue weighted by atomic mass is 16.5. The Morgan fingerprint density at radius 3 is 2.57 bits per heavy atom. The van der Waals surface area contributed by atoms with Gasteiger partial charge in [-0.05, 0) is 49.2 Å². The first-order valence-electron chi connectivity index (χ1n) is 9.00. The van der Waals surface area contributed by atoms with Crippen molar-refractivity contribution in [3.05, 3.63) is 82.8 Å². The van der Waals surface area contributed by atoms with E-state index >= 15 is 0 Å². The smallest absolute Gasteiger partial charge is 0.351 e. The fourth-order valence-electron chi connectivity index (χ4n) is 3.34. The Labute approximate surface area is 162 Å². The largest absolute Gasteiger partial charge is 0.497 e. The number of aryl methyl sites for hydroxylation is 1. The van der Waals surface area contributed by atoms with Gasteiger partial charge in [0.15, 0.2) is 0 Å². The first-order valence-corrected chi connectivity index (χ1v) is 9.00. The lowest BCUT2D eigenvalue weighted by Gasteiger charge is -2.14. The Hall–Kier alpha value is -3.61. The molecule has 28 heavy (non-hydrogen) atoms. The number of hydrogen-bond donors (Lipinski definition) is 1. The van der Waals surface area contributed by atoms with Crippen molar-refractivity contribution in [2.45, 2.75) is 19.9 Å². The zero-order valence-corrected chi connectivity index (χ0v) is 16.0. The molecule has 0 fully saturated rings. The molecule has 0 aliphatic heterocycles. The van der Waals surface area contributed by atoms with Gasteiger partial charge in [-0.15, -0.1) is 0 Å². The molecule has 1 unspecified atom stereocenters. The molecule has 0 amide bonds. The van der Waals surface area contributed by atoms with Crippen molar-refractivity contribution >= 4 is 0 Å². The fourth-order valence-corrected chi connectivity index (χ4v) is 3.34. The van der Waals surface area contributed by atoms with E-state index in [1.807, 2.05) is 68.6 Å². The quantitative estimate of drug-likeness (QED) is 0.580. The summed E-state index contributed by atoms with van der Waals surface area (Å²) in [6, 6.07) is 15.2. The molecular formula is C21H21N5O2. The molecule has 0 saturated carbocycles. The number of nitrogens with zero attached hydrogens (tertiary/aromatic N) is 4. The third kappa shape index (κ3) is 3.11. The SMILES string of the molecule is COc1cccc(C(C)n2c(C)nn(-c3ccc(-c4cn[nH]c4)cc3)c2=O)c1. The minimum absolute atomic E-state index is 0.165. The monoisotopic (exact) mass is 375 g/mol. The van der Waals surface area contributed by atoms with Crippen LogP contribution in [0.2, 0.25) is 0 Å². The van der Waals surface area contributed by atoms with Crippen LogP contribution in [0.5, 0.6) is 5.75 Å². The first-order chi connectivity index (χ1) is 13.6. The molecule has 2 aromatic heterocycles. The summed E-state index contributed by atoms with van der Waals surface area (Å²) in [5, 5.41) is 11.2. The molecule has 0 aliphatic rings. The van der Waals surface area contributed by atoms with Crippen molar-refractivity contribution in [1.29, 1.82) is 0 Å². The van der Waals surface area contributed by atoms with E-state index in [9.17, 15) is 4.79 Å². The number of methoxy groups -OCH3 is 1. The lowest BCUT2D eigenvalue weighted by atomic mass is 10.1. The molecule has 1 N–H and O–H groups in total. The Morgan fingerprint density at radius 1 is 1.11 bits per heavy atom. The van der Waals surface area contributed by atoms with E-state index in [-0.39, 0.29) is 11.7 Å². The third-order valence-electron chi connectivity index (χ3n) is 4.89. The molecule has 7 heteroatoms. The van der Waals surface area contributed by atoms with Crippen LogP contribution in [0.25, 0.3) is 16.8 Å². The van der Waals surface area contributed by atoms with Gasteiger partial charge in [-0.3, -0.25) is 9.67 Å². The number of nitrogens with one attached hydrogen (secondary N) is 1. The number of H-pyrrole nitrogens is 1. The number of rotatable bonds is 5. The molecule has 7 nitrogen and oxygen atoms in total. The molecule has 0 radical (unpaired) electrons. The topological polar surface area (TPSA) is 77.7 Å². The van der Waals surface area contributed by atoms with Crippen LogP contribution in [0.4, 0.5) is 0 Å². The molecule has 1 atom stereocenters. The van der Waals surface area contributed by atoms with Gasteiger partial charge in [-0.2, -0.15) is 14.9 Å². The first kappa shape index (κ1) is 17.8. The summed E-state index contributed by atoms with van der Waals surface area (Å²) in [4.78, 5) is 13.1. The number of ether oxygens (including phenoxy) is 1. The van der Waals surface area contributed by atoms with Crippen LogP contribution < -0.4 is 10.4 Å². The van der Waals surface area contributed by atoms with E-state index in [4.69, 9.17) is 4.74 Å². The van der Waals surface area contributed by atoms with Gasteiger partial charge in [-0.25, -0.2) is 4.79 Å². The maximum Gasteiger partial charge on any atom is 0.351 e. The van der Waals surface area contributed by atoms with Crippen molar-refractivity contribution in [1.82, 2.24) is 24.5 Å². The summed E-state index contributed by atoms with van der Waals surface area (Å²) < 4.78 is 8.43. The molecule has 2 heterocycles. The lowest BCUT2D eigenvalue weighted by molar-refractivity contribution is 0.413. The maximum absolute atomic E-state index is 13.1. The van der Waals surface area contributed by atoms with Gasteiger partial charge in [0.2, 0.25) is 0 Å². The highest BCUT2D eigenvalue weighted by Gasteiger charge is 2.18. The van der Waals surface area contributed by atoms with E-state index in [0.717, 1.165) is 28.1 Å². The second kappa shape index (κ2) is 7.19. The summed E-state index contributed by atoms with van der Waals surface area (Å²) in [7, 11) is 1.63. The predicted octanol–water partition coefficient (Wildman–Crippen LogP) is 3.35. The van der Waals surface area contributed by atoms with Crippen LogP contribution in [-0.2, 0) is 0 Å². The highest BCUT2D eigenvalue weighted by molar-refractivity contribution is 5.62. The van der Waals surface area contributed by atoms with E-state index in [0.29, 0.717) is 5.82 Å². The summed E-state index contributed by atoms with van der Waals surface area (Å²) >= 11 is 0. The Bertz CT molecular complexity index is 1140. The molecule has 142 valence electrons. The number of hydrogen-bond acceptors (Lipinski definition) is 4. The van der Waals surface area contributed by atoms with Crippen molar-refractivity contribution < 1.29 is 4.74 Å². The van der Waals surface area contributed by atoms with Crippen LogP contribution in [0.3, 0.4) is 0 Å². The van der Waals surface area contributed by atoms with Crippen LogP contribution >= 0.6 is 0 Å². The van der Waals surface area contributed by atoms with E-state index in [1.165, 1.54) is 4.68 Å². The maximum atomic E-state index is 13.1. The van der Waals surface area contributed by atoms with E-state index in [1.54, 1.807) is 17.9 Å². The average molecular weight is 375 g/mol. The molecule has 4 rings (SSSR count). The molecular weight excluding hydrogens is 354 g/mol. The van der Waals surface area contributed by atoms with Gasteiger partial charge in [0.1, 0.15) is 11.6 Å². The fraction of sp³-hybridized carbons (Fsp3) is 0.190. The standard InChI is InChI=1S/C21H21N5O2/c1-14(17-5-4-6-20(11-17)28-3)25-15(2)24-26(21(25)27)19-9-7-16(8-10-19)18-12-22-23-13-18/h4-14H,1-3H3,(H,22,23).